The van der Waals surface area contributed by atoms with Gasteiger partial charge >= 0.3 is 0 Å². The van der Waals surface area contributed by atoms with Crippen LogP contribution >= 0.6 is 11.3 Å². The summed E-state index contributed by atoms with van der Waals surface area (Å²) in [4.78, 5) is 2.34. The van der Waals surface area contributed by atoms with Gasteiger partial charge in [-0.15, -0.1) is 11.3 Å². The Morgan fingerprint density at radius 3 is 1.77 bits per heavy atom. The minimum Gasteiger partial charge on any atom is -0.484 e. The summed E-state index contributed by atoms with van der Waals surface area (Å²) in [5, 5.41) is 5.01. The van der Waals surface area contributed by atoms with E-state index in [2.05, 4.69) is 229 Å². The maximum absolute atomic E-state index is 7.05. The quantitative estimate of drug-likeness (QED) is 0.159. The van der Waals surface area contributed by atoms with Crippen LogP contribution in [0.25, 0.3) is 69.9 Å². The second-order valence-electron chi connectivity index (χ2n) is 16.0. The van der Waals surface area contributed by atoms with E-state index in [0.29, 0.717) is 0 Å². The van der Waals surface area contributed by atoms with Crippen molar-refractivity contribution in [2.24, 2.45) is 0 Å². The average molecular weight is 798 g/mol. The van der Waals surface area contributed by atoms with Gasteiger partial charge in [0.1, 0.15) is 11.9 Å². The van der Waals surface area contributed by atoms with Crippen LogP contribution in [0.3, 0.4) is 0 Å². The predicted octanol–water partition coefficient (Wildman–Crippen LogP) is 16.2. The van der Waals surface area contributed by atoms with Crippen LogP contribution in [0.1, 0.15) is 17.0 Å². The van der Waals surface area contributed by atoms with Crippen LogP contribution in [0, 0.1) is 0 Å². The normalized spacial score (nSPS) is 15.4. The zero-order valence-corrected chi connectivity index (χ0v) is 34.1. The van der Waals surface area contributed by atoms with Gasteiger partial charge in [-0.3, -0.25) is 0 Å². The van der Waals surface area contributed by atoms with E-state index in [-0.39, 0.29) is 12.0 Å². The number of allylic oxidation sites excluding steroid dienone is 2. The number of hydrogen-bond donors (Lipinski definition) is 0. The highest BCUT2D eigenvalue weighted by Gasteiger charge is 2.38. The molecule has 2 nitrogen and oxygen atoms in total. The monoisotopic (exact) mass is 797 g/mol. The van der Waals surface area contributed by atoms with E-state index >= 15 is 0 Å². The number of thiophene rings is 1. The fraction of sp³-hybridized carbons (Fsp3) is 0.0345. The highest BCUT2D eigenvalue weighted by molar-refractivity contribution is 7.25. The number of anilines is 3. The molecule has 2 atom stereocenters. The third-order valence-electron chi connectivity index (χ3n) is 12.4. The zero-order valence-electron chi connectivity index (χ0n) is 33.3. The highest BCUT2D eigenvalue weighted by Crippen LogP contribution is 2.51. The van der Waals surface area contributed by atoms with Crippen molar-refractivity contribution in [3.63, 3.8) is 0 Å². The van der Waals surface area contributed by atoms with Crippen molar-refractivity contribution in [3.8, 4) is 39.1 Å². The molecule has 9 aromatic carbocycles. The van der Waals surface area contributed by atoms with Crippen LogP contribution in [-0.4, -0.2) is 6.10 Å². The molecule has 0 bridgehead atoms. The van der Waals surface area contributed by atoms with Crippen molar-refractivity contribution < 1.29 is 4.74 Å². The summed E-state index contributed by atoms with van der Waals surface area (Å²) in [5.41, 5.74) is 14.2. The first-order valence-electron chi connectivity index (χ1n) is 21.0. The summed E-state index contributed by atoms with van der Waals surface area (Å²) in [6.07, 6.45) is 6.64. The lowest BCUT2D eigenvalue weighted by molar-refractivity contribution is 0.281. The van der Waals surface area contributed by atoms with Gasteiger partial charge in [-0.05, 0) is 105 Å². The van der Waals surface area contributed by atoms with Gasteiger partial charge in [0, 0.05) is 59.7 Å². The number of ether oxygens (including phenoxy) is 1. The largest absolute Gasteiger partial charge is 0.484 e. The maximum Gasteiger partial charge on any atom is 0.135 e. The molecule has 10 aromatic rings. The smallest absolute Gasteiger partial charge is 0.135 e. The van der Waals surface area contributed by atoms with Crippen molar-refractivity contribution in [1.82, 2.24) is 0 Å². The lowest BCUT2D eigenvalue weighted by Gasteiger charge is -2.27. The summed E-state index contributed by atoms with van der Waals surface area (Å²) >= 11 is 1.86. The molecule has 2 unspecified atom stereocenters. The number of fused-ring (bicyclic) bond motifs is 8. The molecule has 12 rings (SSSR count). The van der Waals surface area contributed by atoms with Gasteiger partial charge in [-0.25, -0.2) is 0 Å². The minimum atomic E-state index is -0.121. The van der Waals surface area contributed by atoms with E-state index in [0.717, 1.165) is 33.8 Å². The molecule has 1 aromatic heterocycles. The van der Waals surface area contributed by atoms with Gasteiger partial charge in [-0.2, -0.15) is 0 Å². The molecular formula is C58H39NOS. The van der Waals surface area contributed by atoms with E-state index in [4.69, 9.17) is 4.74 Å². The van der Waals surface area contributed by atoms with Crippen molar-refractivity contribution >= 4 is 64.9 Å². The van der Waals surface area contributed by atoms with Crippen LogP contribution < -0.4 is 9.64 Å². The van der Waals surface area contributed by atoms with Gasteiger partial charge in [-0.1, -0.05) is 164 Å². The Morgan fingerprint density at radius 1 is 0.410 bits per heavy atom. The first kappa shape index (κ1) is 35.5. The van der Waals surface area contributed by atoms with Gasteiger partial charge in [0.15, 0.2) is 0 Å². The second kappa shape index (κ2) is 14.7. The fourth-order valence-corrected chi connectivity index (χ4v) is 10.6. The molecule has 0 fully saturated rings. The summed E-state index contributed by atoms with van der Waals surface area (Å²) in [6.45, 7) is 0. The molecule has 61 heavy (non-hydrogen) atoms. The molecule has 3 heteroatoms. The Balaban J connectivity index is 0.858. The van der Waals surface area contributed by atoms with Gasteiger partial charge < -0.3 is 9.64 Å². The Labute approximate surface area is 359 Å². The molecule has 0 saturated heterocycles. The van der Waals surface area contributed by atoms with Gasteiger partial charge in [0.05, 0.1) is 0 Å². The van der Waals surface area contributed by atoms with Crippen LogP contribution in [0.5, 0.6) is 5.75 Å². The lowest BCUT2D eigenvalue weighted by Crippen LogP contribution is -2.21. The van der Waals surface area contributed by atoms with Crippen LogP contribution in [0.4, 0.5) is 17.1 Å². The van der Waals surface area contributed by atoms with E-state index in [9.17, 15) is 0 Å². The standard InChI is InChI=1S/C58H39NOS/c1-3-13-38(14-4-1)41-15-11-16-43(35-41)53-37-54-52-23-12-22-47(57(52)60-58(54)51-21-8-7-19-48(51)53)40-27-32-46(33-28-40)59(44-17-5-2-6-18-44)45-30-25-39(26-31-45)42-29-34-50-49-20-9-10-24-55(49)61-56(50)36-42/h1-37,52,57H. The van der Waals surface area contributed by atoms with E-state index < -0.39 is 0 Å². The Hall–Kier alpha value is -7.46. The SMILES string of the molecule is C1=CC2c3cc(-c4cccc(-c5ccccc5)c4)c4ccccc4c3OC2C(c2ccc(N(c3ccccc3)c3ccc(-c4ccc5c(c4)sc4ccccc45)cc3)cc2)=C1. The fourth-order valence-electron chi connectivity index (χ4n) is 9.48. The van der Waals surface area contributed by atoms with Crippen molar-refractivity contribution in [2.75, 3.05) is 4.90 Å². The van der Waals surface area contributed by atoms with E-state index in [1.54, 1.807) is 0 Å². The van der Waals surface area contributed by atoms with Crippen molar-refractivity contribution in [1.29, 1.82) is 0 Å². The topological polar surface area (TPSA) is 12.5 Å². The Bertz CT molecular complexity index is 3330. The summed E-state index contributed by atoms with van der Waals surface area (Å²) in [7, 11) is 0. The highest BCUT2D eigenvalue weighted by atomic mass is 32.1. The number of hydrogen-bond acceptors (Lipinski definition) is 3. The summed E-state index contributed by atoms with van der Waals surface area (Å²) in [6, 6.07) is 74.8. The summed E-state index contributed by atoms with van der Waals surface area (Å²) < 4.78 is 9.70. The third kappa shape index (κ3) is 6.17. The predicted molar refractivity (Wildman–Crippen MR) is 259 cm³/mol. The van der Waals surface area contributed by atoms with Gasteiger partial charge in [0.25, 0.3) is 0 Å². The average Bonchev–Trinajstić information content (AvgIpc) is 3.91. The number of rotatable bonds is 7. The van der Waals surface area contributed by atoms with Crippen LogP contribution in [0.2, 0.25) is 0 Å². The second-order valence-corrected chi connectivity index (χ2v) is 17.1. The molecular weight excluding hydrogens is 759 g/mol. The van der Waals surface area contributed by atoms with E-state index in [1.165, 1.54) is 70.1 Å². The maximum atomic E-state index is 7.05. The first-order chi connectivity index (χ1) is 30.2. The molecule has 2 aliphatic rings. The molecule has 2 heterocycles. The minimum absolute atomic E-state index is 0.106. The molecule has 0 amide bonds. The molecule has 1 aliphatic carbocycles. The third-order valence-corrected chi connectivity index (χ3v) is 13.6. The Morgan fingerprint density at radius 2 is 0.984 bits per heavy atom. The lowest BCUT2D eigenvalue weighted by atomic mass is 9.82. The number of para-hydroxylation sites is 1. The number of nitrogens with zero attached hydrogens (tertiary/aromatic N) is 1. The van der Waals surface area contributed by atoms with Crippen molar-refractivity contribution in [2.45, 2.75) is 12.0 Å². The molecule has 0 saturated carbocycles. The van der Waals surface area contributed by atoms with E-state index in [1.807, 2.05) is 11.3 Å². The zero-order chi connectivity index (χ0) is 40.3. The van der Waals surface area contributed by atoms with Gasteiger partial charge in [0.2, 0.25) is 0 Å². The number of benzene rings is 9. The molecule has 0 spiro atoms. The molecule has 1 aliphatic heterocycles. The molecule has 288 valence electrons. The Kier molecular flexibility index (Phi) is 8.53. The van der Waals surface area contributed by atoms with Crippen LogP contribution in [0.15, 0.2) is 224 Å². The van der Waals surface area contributed by atoms with Crippen LogP contribution in [-0.2, 0) is 0 Å². The first-order valence-corrected chi connectivity index (χ1v) is 21.8. The van der Waals surface area contributed by atoms with Crippen molar-refractivity contribution in [3.05, 3.63) is 236 Å². The molecule has 0 N–H and O–H groups in total. The summed E-state index contributed by atoms with van der Waals surface area (Å²) in [5.74, 6) is 1.10. The molecule has 0 radical (unpaired) electrons.